The molecule has 0 bridgehead atoms. The summed E-state index contributed by atoms with van der Waals surface area (Å²) in [7, 11) is 0. The van der Waals surface area contributed by atoms with Gasteiger partial charge in [-0.15, -0.1) is 0 Å². The van der Waals surface area contributed by atoms with Crippen LogP contribution in [0.1, 0.15) is 30.4 Å². The number of benzene rings is 2. The van der Waals surface area contributed by atoms with Gasteiger partial charge in [0.25, 0.3) is 0 Å². The molecule has 0 aromatic heterocycles. The van der Waals surface area contributed by atoms with Crippen molar-refractivity contribution in [3.05, 3.63) is 71.8 Å². The van der Waals surface area contributed by atoms with E-state index in [4.69, 9.17) is 0 Å². The molecular weight excluding hydrogens is 373 g/mol. The highest BCUT2D eigenvalue weighted by Gasteiger charge is 2.18. The number of rotatable bonds is 7. The van der Waals surface area contributed by atoms with Crippen LogP contribution in [0.25, 0.3) is 0 Å². The molecule has 2 aromatic rings. The van der Waals surface area contributed by atoms with E-state index in [0.717, 1.165) is 6.54 Å². The smallest absolute Gasteiger partial charge is 0.147 e. The lowest BCUT2D eigenvalue weighted by molar-refractivity contribution is -0.118. The maximum atomic E-state index is 11.6. The summed E-state index contributed by atoms with van der Waals surface area (Å²) < 4.78 is 2.09. The summed E-state index contributed by atoms with van der Waals surface area (Å²) in [6.07, 6.45) is 0.598. The molecule has 21 heavy (non-hydrogen) atoms. The van der Waals surface area contributed by atoms with E-state index < -0.39 is 0 Å². The number of Topliss-reactive ketones (excluding diaryl/α,β-unsaturated/α-hetero) is 1. The molecule has 0 aliphatic heterocycles. The largest absolute Gasteiger partial charge is 0.298 e. The fraction of sp³-hybridized carbons (Fsp3) is 0.278. The second-order valence-corrected chi connectivity index (χ2v) is 6.43. The van der Waals surface area contributed by atoms with Gasteiger partial charge in [-0.2, -0.15) is 0 Å². The molecule has 0 saturated carbocycles. The van der Waals surface area contributed by atoms with Crippen molar-refractivity contribution in [1.29, 1.82) is 0 Å². The van der Waals surface area contributed by atoms with Gasteiger partial charge in [0.05, 0.1) is 6.54 Å². The quantitative estimate of drug-likeness (QED) is 0.512. The van der Waals surface area contributed by atoms with Gasteiger partial charge >= 0.3 is 0 Å². The van der Waals surface area contributed by atoms with Crippen molar-refractivity contribution in [2.24, 2.45) is 0 Å². The zero-order valence-electron chi connectivity index (χ0n) is 12.2. The minimum Gasteiger partial charge on any atom is -0.298 e. The number of carbonyl (C=O) groups excluding carboxylic acids is 1. The Bertz CT molecular complexity index is 516. The molecule has 3 heteroatoms. The molecule has 0 radical (unpaired) electrons. The van der Waals surface area contributed by atoms with Crippen LogP contribution in [0.2, 0.25) is 0 Å². The normalized spacial score (nSPS) is 11.0. The molecule has 0 aliphatic carbocycles. The number of halogens is 1. The van der Waals surface area contributed by atoms with Crippen LogP contribution >= 0.6 is 22.9 Å². The van der Waals surface area contributed by atoms with Crippen LogP contribution < -0.4 is 0 Å². The number of carbonyl (C=O) groups is 1. The summed E-state index contributed by atoms with van der Waals surface area (Å²) in [6.45, 7) is 3.26. The van der Waals surface area contributed by atoms with E-state index in [1.54, 1.807) is 0 Å². The van der Waals surface area contributed by atoms with Crippen LogP contribution in [0, 0.1) is 0 Å². The molecule has 2 rings (SSSR count). The first kappa shape index (κ1) is 16.2. The van der Waals surface area contributed by atoms with Gasteiger partial charge in [0.1, 0.15) is 5.78 Å². The Morgan fingerprint density at radius 3 is 1.90 bits per heavy atom. The van der Waals surface area contributed by atoms with E-state index in [1.165, 1.54) is 11.1 Å². The second kappa shape index (κ2) is 8.29. The van der Waals surface area contributed by atoms with Crippen LogP contribution in [-0.4, -0.2) is 22.0 Å². The maximum Gasteiger partial charge on any atom is 0.147 e. The van der Waals surface area contributed by atoms with Gasteiger partial charge in [0.15, 0.2) is 0 Å². The number of hydrogen-bond acceptors (Lipinski definition) is 2. The number of nitrogens with zero attached hydrogens (tertiary/aromatic N) is 1. The number of ketones is 1. The first-order chi connectivity index (χ1) is 10.2. The standard InChI is InChI=1S/C18H20INO/c1-2-17(21)13-20(19)14-18(15-9-5-3-6-10-15)16-11-7-4-8-12-16/h3-12,18H,2,13-14H2,1H3. The highest BCUT2D eigenvalue weighted by molar-refractivity contribution is 14.1. The highest BCUT2D eigenvalue weighted by Crippen LogP contribution is 2.26. The Morgan fingerprint density at radius 1 is 1.00 bits per heavy atom. The summed E-state index contributed by atoms with van der Waals surface area (Å²) in [6, 6.07) is 21.0. The summed E-state index contributed by atoms with van der Waals surface area (Å²) in [5.41, 5.74) is 2.57. The van der Waals surface area contributed by atoms with Crippen molar-refractivity contribution in [1.82, 2.24) is 3.11 Å². The monoisotopic (exact) mass is 393 g/mol. The van der Waals surface area contributed by atoms with Gasteiger partial charge in [-0.3, -0.25) is 4.79 Å². The minimum absolute atomic E-state index is 0.282. The lowest BCUT2D eigenvalue weighted by Crippen LogP contribution is -2.25. The third-order valence-electron chi connectivity index (χ3n) is 3.53. The van der Waals surface area contributed by atoms with Crippen LogP contribution in [0.5, 0.6) is 0 Å². The van der Waals surface area contributed by atoms with Crippen molar-refractivity contribution < 1.29 is 4.79 Å². The highest BCUT2D eigenvalue weighted by atomic mass is 127. The molecule has 0 fully saturated rings. The van der Waals surface area contributed by atoms with Gasteiger partial charge in [-0.05, 0) is 11.1 Å². The van der Waals surface area contributed by atoms with Crippen molar-refractivity contribution in [2.45, 2.75) is 19.3 Å². The Labute approximate surface area is 140 Å². The molecular formula is C18H20INO. The SMILES string of the molecule is CCC(=O)CN(I)CC(c1ccccc1)c1ccccc1. The molecule has 0 unspecified atom stereocenters. The lowest BCUT2D eigenvalue weighted by atomic mass is 9.91. The van der Waals surface area contributed by atoms with Crippen LogP contribution in [0.15, 0.2) is 60.7 Å². The van der Waals surface area contributed by atoms with E-state index >= 15 is 0 Å². The van der Waals surface area contributed by atoms with E-state index in [9.17, 15) is 4.79 Å². The molecule has 110 valence electrons. The average Bonchev–Trinajstić information content (AvgIpc) is 2.54. The van der Waals surface area contributed by atoms with Crippen molar-refractivity contribution in [3.63, 3.8) is 0 Å². The van der Waals surface area contributed by atoms with Gasteiger partial charge < -0.3 is 0 Å². The van der Waals surface area contributed by atoms with Crippen molar-refractivity contribution in [3.8, 4) is 0 Å². The molecule has 0 saturated heterocycles. The van der Waals surface area contributed by atoms with E-state index in [0.29, 0.717) is 13.0 Å². The summed E-state index contributed by atoms with van der Waals surface area (Å²) in [4.78, 5) is 11.6. The topological polar surface area (TPSA) is 20.3 Å². The summed E-state index contributed by atoms with van der Waals surface area (Å²) in [5, 5.41) is 0. The molecule has 0 N–H and O–H groups in total. The molecule has 2 nitrogen and oxygen atoms in total. The van der Waals surface area contributed by atoms with Gasteiger partial charge in [-0.25, -0.2) is 3.11 Å². The third-order valence-corrected chi connectivity index (χ3v) is 4.26. The molecule has 0 spiro atoms. The van der Waals surface area contributed by atoms with Gasteiger partial charge in [-0.1, -0.05) is 67.6 Å². The molecule has 0 heterocycles. The number of hydrogen-bond donors (Lipinski definition) is 0. The maximum absolute atomic E-state index is 11.6. The zero-order valence-corrected chi connectivity index (χ0v) is 14.4. The fourth-order valence-corrected chi connectivity index (χ4v) is 3.11. The Hall–Kier alpha value is -1.20. The van der Waals surface area contributed by atoms with Crippen LogP contribution in [0.3, 0.4) is 0 Å². The summed E-state index contributed by atoms with van der Waals surface area (Å²) in [5.74, 6) is 0.568. The Kier molecular flexibility index (Phi) is 6.39. The van der Waals surface area contributed by atoms with E-state index in [2.05, 4.69) is 74.5 Å². The van der Waals surface area contributed by atoms with E-state index in [1.807, 2.05) is 19.1 Å². The molecule has 0 atom stereocenters. The molecule has 0 aliphatic rings. The Balaban J connectivity index is 2.19. The van der Waals surface area contributed by atoms with Crippen molar-refractivity contribution >= 4 is 28.6 Å². The third kappa shape index (κ3) is 4.93. The van der Waals surface area contributed by atoms with Crippen LogP contribution in [-0.2, 0) is 4.79 Å². The van der Waals surface area contributed by atoms with Gasteiger partial charge in [0, 0.05) is 41.7 Å². The Morgan fingerprint density at radius 2 is 1.48 bits per heavy atom. The summed E-state index contributed by atoms with van der Waals surface area (Å²) >= 11 is 2.26. The van der Waals surface area contributed by atoms with Gasteiger partial charge in [0.2, 0.25) is 0 Å². The van der Waals surface area contributed by atoms with Crippen molar-refractivity contribution in [2.75, 3.05) is 13.1 Å². The molecule has 0 amide bonds. The second-order valence-electron chi connectivity index (χ2n) is 5.07. The first-order valence-electron chi connectivity index (χ1n) is 7.23. The first-order valence-corrected chi connectivity index (χ1v) is 8.19. The lowest BCUT2D eigenvalue weighted by Gasteiger charge is -2.23. The van der Waals surface area contributed by atoms with E-state index in [-0.39, 0.29) is 11.7 Å². The minimum atomic E-state index is 0.282. The fourth-order valence-electron chi connectivity index (χ4n) is 2.34. The predicted octanol–water partition coefficient (Wildman–Crippen LogP) is 4.45. The average molecular weight is 393 g/mol. The zero-order chi connectivity index (χ0) is 15.1. The predicted molar refractivity (Wildman–Crippen MR) is 95.6 cm³/mol. The molecule has 2 aromatic carbocycles. The van der Waals surface area contributed by atoms with Crippen LogP contribution in [0.4, 0.5) is 0 Å².